The molecule has 0 bridgehead atoms. The van der Waals surface area contributed by atoms with Gasteiger partial charge in [-0.25, -0.2) is 0 Å². The zero-order chi connectivity index (χ0) is 41.8. The molecule has 0 N–H and O–H groups in total. The first-order valence-corrected chi connectivity index (χ1v) is 19.2. The third kappa shape index (κ3) is 9.95. The van der Waals surface area contributed by atoms with Crippen LogP contribution in [0.1, 0.15) is 64.5 Å². The second-order valence-electron chi connectivity index (χ2n) is 13.9. The van der Waals surface area contributed by atoms with Crippen LogP contribution >= 0.6 is 0 Å². The zero-order valence-corrected chi connectivity index (χ0v) is 33.4. The molecule has 0 saturated heterocycles. The molecule has 7 aromatic rings. The fourth-order valence-electron chi connectivity index (χ4n) is 6.23. The maximum Gasteiger partial charge on any atom is 0.258 e. The van der Waals surface area contributed by atoms with Crippen molar-refractivity contribution in [2.75, 3.05) is 35.8 Å². The lowest BCUT2D eigenvalue weighted by Crippen LogP contribution is -2.31. The largest absolute Gasteiger partial charge is 0.311 e. The number of hydrogen-bond acceptors (Lipinski definition) is 3. The van der Waals surface area contributed by atoms with Crippen molar-refractivity contribution in [2.24, 2.45) is 0 Å². The van der Waals surface area contributed by atoms with Crippen LogP contribution in [0.2, 0.25) is 0 Å². The van der Waals surface area contributed by atoms with Crippen molar-refractivity contribution in [1.82, 2.24) is 0 Å². The lowest BCUT2D eigenvalue weighted by Gasteiger charge is -2.22. The fourth-order valence-corrected chi connectivity index (χ4v) is 6.23. The van der Waals surface area contributed by atoms with Gasteiger partial charge in [-0.05, 0) is 127 Å². The molecule has 7 rings (SSSR count). The Morgan fingerprint density at radius 2 is 0.500 bits per heavy atom. The van der Waals surface area contributed by atoms with Crippen LogP contribution in [0.3, 0.4) is 0 Å². The van der Waals surface area contributed by atoms with Gasteiger partial charge in [-0.2, -0.15) is 0 Å². The van der Waals surface area contributed by atoms with E-state index in [1.807, 2.05) is 164 Å². The SMILES string of the molecule is CN(C(=O)c1cc(C(=O)N(C)c2ccc(C#Cc3ccccc3)cc2)cc(C(=O)N(C)c2ccc(C#Cc3ccccc3)cc2)c1)c1ccc(C#Cc2ccccc2)cc1. The molecule has 0 spiro atoms. The van der Waals surface area contributed by atoms with Crippen molar-refractivity contribution in [3.8, 4) is 35.5 Å². The molecule has 6 nitrogen and oxygen atoms in total. The molecular weight excluding hydrogens is 739 g/mol. The number of hydrogen-bond donors (Lipinski definition) is 0. The van der Waals surface area contributed by atoms with Crippen LogP contribution in [0, 0.1) is 35.5 Å². The van der Waals surface area contributed by atoms with Crippen LogP contribution in [0.4, 0.5) is 17.1 Å². The zero-order valence-electron chi connectivity index (χ0n) is 33.4. The second-order valence-corrected chi connectivity index (χ2v) is 13.9. The molecule has 0 aliphatic carbocycles. The summed E-state index contributed by atoms with van der Waals surface area (Å²) in [6, 6.07) is 55.7. The Kier molecular flexibility index (Phi) is 12.4. The molecule has 60 heavy (non-hydrogen) atoms. The summed E-state index contributed by atoms with van der Waals surface area (Å²) < 4.78 is 0. The van der Waals surface area contributed by atoms with Gasteiger partial charge in [0.25, 0.3) is 17.7 Å². The number of benzene rings is 7. The van der Waals surface area contributed by atoms with Crippen LogP contribution in [0.25, 0.3) is 0 Å². The number of nitrogens with zero attached hydrogens (tertiary/aromatic N) is 3. The maximum absolute atomic E-state index is 14.2. The molecule has 3 amide bonds. The predicted molar refractivity (Wildman–Crippen MR) is 241 cm³/mol. The Morgan fingerprint density at radius 1 is 0.300 bits per heavy atom. The lowest BCUT2D eigenvalue weighted by atomic mass is 10.0. The van der Waals surface area contributed by atoms with E-state index in [2.05, 4.69) is 35.5 Å². The first kappa shape index (κ1) is 39.8. The van der Waals surface area contributed by atoms with Crippen molar-refractivity contribution < 1.29 is 14.4 Å². The Bertz CT molecular complexity index is 2510. The van der Waals surface area contributed by atoms with Crippen LogP contribution < -0.4 is 14.7 Å². The fraction of sp³-hybridized carbons (Fsp3) is 0.0556. The average Bonchev–Trinajstić information content (AvgIpc) is 3.32. The molecule has 6 heteroatoms. The van der Waals surface area contributed by atoms with Gasteiger partial charge in [0.15, 0.2) is 0 Å². The summed E-state index contributed by atoms with van der Waals surface area (Å²) in [5, 5.41) is 0. The van der Waals surface area contributed by atoms with E-state index in [4.69, 9.17) is 0 Å². The third-order valence-electron chi connectivity index (χ3n) is 9.73. The van der Waals surface area contributed by atoms with E-state index in [0.717, 1.165) is 33.4 Å². The summed E-state index contributed by atoms with van der Waals surface area (Å²) in [6.07, 6.45) is 0. The number of amides is 3. The average molecular weight is 778 g/mol. The maximum atomic E-state index is 14.2. The molecule has 0 saturated carbocycles. The Balaban J connectivity index is 1.16. The molecule has 0 aliphatic rings. The quantitative estimate of drug-likeness (QED) is 0.158. The van der Waals surface area contributed by atoms with Crippen LogP contribution in [-0.4, -0.2) is 38.9 Å². The normalized spacial score (nSPS) is 10.1. The van der Waals surface area contributed by atoms with Gasteiger partial charge in [0.1, 0.15) is 0 Å². The number of anilines is 3. The van der Waals surface area contributed by atoms with Crippen molar-refractivity contribution in [1.29, 1.82) is 0 Å². The van der Waals surface area contributed by atoms with E-state index in [9.17, 15) is 14.4 Å². The van der Waals surface area contributed by atoms with Gasteiger partial charge in [-0.1, -0.05) is 90.1 Å². The molecule has 288 valence electrons. The molecule has 0 fully saturated rings. The van der Waals surface area contributed by atoms with E-state index in [1.54, 1.807) is 21.1 Å². The lowest BCUT2D eigenvalue weighted by molar-refractivity contribution is 0.0992. The standard InChI is InChI=1S/C54H39N3O3/c1-55(49-31-25-43(26-32-49)22-19-40-13-7-4-8-14-40)52(58)46-37-47(53(59)56(2)50-33-27-44(28-34-50)23-20-41-15-9-5-10-16-41)39-48(38-46)54(60)57(3)51-35-29-45(30-36-51)24-21-42-17-11-6-12-18-42/h4-18,25-39H,1-3H3. The second kappa shape index (κ2) is 18.7. The highest BCUT2D eigenvalue weighted by molar-refractivity contribution is 6.14. The minimum Gasteiger partial charge on any atom is -0.311 e. The van der Waals surface area contributed by atoms with Crippen molar-refractivity contribution in [2.45, 2.75) is 0 Å². The van der Waals surface area contributed by atoms with Crippen molar-refractivity contribution in [3.05, 3.63) is 232 Å². The van der Waals surface area contributed by atoms with E-state index in [1.165, 1.54) is 32.9 Å². The van der Waals surface area contributed by atoms with Gasteiger partial charge in [0.2, 0.25) is 0 Å². The highest BCUT2D eigenvalue weighted by Gasteiger charge is 2.23. The monoisotopic (exact) mass is 777 g/mol. The molecule has 7 aromatic carbocycles. The number of rotatable bonds is 6. The highest BCUT2D eigenvalue weighted by Crippen LogP contribution is 2.24. The molecular formula is C54H39N3O3. The Labute approximate surface area is 351 Å². The van der Waals surface area contributed by atoms with Gasteiger partial charge in [-0.3, -0.25) is 14.4 Å². The molecule has 0 aromatic heterocycles. The molecule has 0 heterocycles. The van der Waals surface area contributed by atoms with Crippen LogP contribution in [0.15, 0.2) is 182 Å². The van der Waals surface area contributed by atoms with Gasteiger partial charge in [0.05, 0.1) is 0 Å². The number of carbonyl (C=O) groups is 3. The molecule has 0 atom stereocenters. The Morgan fingerprint density at radius 3 is 0.717 bits per heavy atom. The van der Waals surface area contributed by atoms with E-state index in [-0.39, 0.29) is 16.7 Å². The van der Waals surface area contributed by atoms with Crippen molar-refractivity contribution >= 4 is 34.8 Å². The topological polar surface area (TPSA) is 60.9 Å². The van der Waals surface area contributed by atoms with Crippen LogP contribution in [-0.2, 0) is 0 Å². The van der Waals surface area contributed by atoms with Gasteiger partial charge in [0, 0.05) is 88.3 Å². The van der Waals surface area contributed by atoms with Gasteiger partial charge in [-0.15, -0.1) is 0 Å². The summed E-state index contributed by atoms with van der Waals surface area (Å²) in [5.41, 5.74) is 7.49. The first-order valence-electron chi connectivity index (χ1n) is 19.2. The molecule has 0 aliphatic heterocycles. The van der Waals surface area contributed by atoms with Gasteiger partial charge < -0.3 is 14.7 Å². The van der Waals surface area contributed by atoms with Crippen molar-refractivity contribution in [3.63, 3.8) is 0 Å². The van der Waals surface area contributed by atoms with Gasteiger partial charge >= 0.3 is 0 Å². The summed E-state index contributed by atoms with van der Waals surface area (Å²) in [6.45, 7) is 0. The highest BCUT2D eigenvalue weighted by atomic mass is 16.2. The molecule has 0 radical (unpaired) electrons. The summed E-state index contributed by atoms with van der Waals surface area (Å²) in [4.78, 5) is 47.1. The third-order valence-corrected chi connectivity index (χ3v) is 9.73. The summed E-state index contributed by atoms with van der Waals surface area (Å²) >= 11 is 0. The summed E-state index contributed by atoms with van der Waals surface area (Å²) in [5.74, 6) is 17.7. The predicted octanol–water partition coefficient (Wildman–Crippen LogP) is 9.72. The minimum absolute atomic E-state index is 0.180. The first-order chi connectivity index (χ1) is 29.2. The van der Waals surface area contributed by atoms with E-state index >= 15 is 0 Å². The Hall–Kier alpha value is -8.37. The smallest absolute Gasteiger partial charge is 0.258 e. The number of carbonyl (C=O) groups excluding carboxylic acids is 3. The van der Waals surface area contributed by atoms with Crippen LogP contribution in [0.5, 0.6) is 0 Å². The minimum atomic E-state index is -0.394. The van der Waals surface area contributed by atoms with E-state index in [0.29, 0.717) is 17.1 Å². The molecule has 0 unspecified atom stereocenters. The van der Waals surface area contributed by atoms with E-state index < -0.39 is 17.7 Å². The summed E-state index contributed by atoms with van der Waals surface area (Å²) in [7, 11) is 4.98.